The lowest BCUT2D eigenvalue weighted by Gasteiger charge is -2.00. The number of halogens is 1. The monoisotopic (exact) mass is 189 g/mol. The van der Waals surface area contributed by atoms with Crippen molar-refractivity contribution in [1.29, 1.82) is 0 Å². The van der Waals surface area contributed by atoms with Gasteiger partial charge in [-0.05, 0) is 18.2 Å². The van der Waals surface area contributed by atoms with Crippen LogP contribution in [0, 0.1) is 5.82 Å². The molecule has 1 N–H and O–H groups in total. The fourth-order valence-electron chi connectivity index (χ4n) is 1.27. The van der Waals surface area contributed by atoms with Crippen LogP contribution in [-0.4, -0.2) is 4.98 Å². The summed E-state index contributed by atoms with van der Waals surface area (Å²) in [6.45, 7) is 0. The number of aromatic amines is 1. The minimum atomic E-state index is -0.313. The first-order valence-electron chi connectivity index (χ1n) is 4.21. The van der Waals surface area contributed by atoms with Gasteiger partial charge in [-0.1, -0.05) is 18.2 Å². The van der Waals surface area contributed by atoms with Crippen molar-refractivity contribution in [3.8, 4) is 11.3 Å². The normalized spacial score (nSPS) is 10.1. The average Bonchev–Trinajstić information content (AvgIpc) is 2.18. The molecule has 0 saturated heterocycles. The van der Waals surface area contributed by atoms with Gasteiger partial charge in [0.1, 0.15) is 5.82 Å². The summed E-state index contributed by atoms with van der Waals surface area (Å²) in [6, 6.07) is 10.9. The van der Waals surface area contributed by atoms with E-state index in [0.29, 0.717) is 11.3 Å². The lowest BCUT2D eigenvalue weighted by atomic mass is 10.1. The molecule has 0 aliphatic rings. The molecule has 2 aromatic rings. The molecule has 0 unspecified atom stereocenters. The highest BCUT2D eigenvalue weighted by atomic mass is 19.1. The maximum atomic E-state index is 12.9. The van der Waals surface area contributed by atoms with Crippen LogP contribution in [0.15, 0.2) is 47.3 Å². The van der Waals surface area contributed by atoms with Gasteiger partial charge in [0.25, 0.3) is 0 Å². The second-order valence-electron chi connectivity index (χ2n) is 2.94. The summed E-state index contributed by atoms with van der Waals surface area (Å²) in [5.41, 5.74) is 1.10. The molecule has 0 aliphatic heterocycles. The number of rotatable bonds is 1. The number of nitrogens with one attached hydrogen (secondary N) is 1. The first-order chi connectivity index (χ1) is 6.75. The molecule has 0 atom stereocenters. The van der Waals surface area contributed by atoms with Crippen molar-refractivity contribution in [3.05, 3.63) is 58.6 Å². The van der Waals surface area contributed by atoms with Crippen molar-refractivity contribution in [2.75, 3.05) is 0 Å². The Bertz CT molecular complexity index is 504. The highest BCUT2D eigenvalue weighted by Crippen LogP contribution is 2.15. The van der Waals surface area contributed by atoms with Gasteiger partial charge < -0.3 is 4.98 Å². The van der Waals surface area contributed by atoms with Gasteiger partial charge in [0.05, 0.1) is 0 Å². The van der Waals surface area contributed by atoms with Crippen LogP contribution >= 0.6 is 0 Å². The van der Waals surface area contributed by atoms with E-state index in [1.54, 1.807) is 24.3 Å². The molecule has 0 spiro atoms. The van der Waals surface area contributed by atoms with Crippen molar-refractivity contribution in [1.82, 2.24) is 4.98 Å². The van der Waals surface area contributed by atoms with Gasteiger partial charge in [-0.25, -0.2) is 4.39 Å². The standard InChI is InChI=1S/C11H8FNO/c12-9-4-1-3-8(7-9)10-5-2-6-11(14)13-10/h1-7H,(H,13,14). The second kappa shape index (κ2) is 3.46. The van der Waals surface area contributed by atoms with Crippen LogP contribution in [0.1, 0.15) is 0 Å². The molecule has 0 radical (unpaired) electrons. The van der Waals surface area contributed by atoms with E-state index in [0.717, 1.165) is 0 Å². The zero-order valence-corrected chi connectivity index (χ0v) is 7.33. The van der Waals surface area contributed by atoms with E-state index >= 15 is 0 Å². The largest absolute Gasteiger partial charge is 0.322 e. The van der Waals surface area contributed by atoms with Crippen LogP contribution in [0.4, 0.5) is 4.39 Å². The topological polar surface area (TPSA) is 32.9 Å². The Hall–Kier alpha value is -1.90. The maximum Gasteiger partial charge on any atom is 0.248 e. The molecule has 1 aromatic heterocycles. The summed E-state index contributed by atoms with van der Waals surface area (Å²) in [7, 11) is 0. The zero-order valence-electron chi connectivity index (χ0n) is 7.33. The van der Waals surface area contributed by atoms with Crippen LogP contribution in [0.2, 0.25) is 0 Å². The van der Waals surface area contributed by atoms with Crippen LogP contribution in [0.3, 0.4) is 0 Å². The third kappa shape index (κ3) is 1.71. The van der Waals surface area contributed by atoms with E-state index < -0.39 is 0 Å². The average molecular weight is 189 g/mol. The lowest BCUT2D eigenvalue weighted by molar-refractivity contribution is 0.628. The van der Waals surface area contributed by atoms with Crippen molar-refractivity contribution in [2.24, 2.45) is 0 Å². The van der Waals surface area contributed by atoms with Crippen molar-refractivity contribution >= 4 is 0 Å². The van der Waals surface area contributed by atoms with Gasteiger partial charge in [-0.3, -0.25) is 4.79 Å². The summed E-state index contributed by atoms with van der Waals surface area (Å²) in [6.07, 6.45) is 0. The Balaban J connectivity index is 2.55. The Morgan fingerprint density at radius 3 is 2.57 bits per heavy atom. The van der Waals surface area contributed by atoms with Crippen LogP contribution in [0.25, 0.3) is 11.3 Å². The number of hydrogen-bond donors (Lipinski definition) is 1. The molecule has 2 rings (SSSR count). The quantitative estimate of drug-likeness (QED) is 0.732. The number of H-pyrrole nitrogens is 1. The number of aromatic nitrogens is 1. The Labute approximate surface area is 80.0 Å². The lowest BCUT2D eigenvalue weighted by Crippen LogP contribution is -2.03. The van der Waals surface area contributed by atoms with Crippen LogP contribution < -0.4 is 5.56 Å². The molecule has 3 heteroatoms. The van der Waals surface area contributed by atoms with E-state index in [1.807, 2.05) is 0 Å². The van der Waals surface area contributed by atoms with Crippen molar-refractivity contribution < 1.29 is 4.39 Å². The summed E-state index contributed by atoms with van der Waals surface area (Å²) in [5.74, 6) is -0.313. The molecule has 70 valence electrons. The number of benzene rings is 1. The van der Waals surface area contributed by atoms with E-state index in [2.05, 4.69) is 4.98 Å². The number of pyridine rings is 1. The van der Waals surface area contributed by atoms with Gasteiger partial charge in [0.2, 0.25) is 5.56 Å². The summed E-state index contributed by atoms with van der Waals surface area (Å²) >= 11 is 0. The summed E-state index contributed by atoms with van der Waals surface area (Å²) in [5, 5.41) is 0. The molecule has 1 heterocycles. The van der Waals surface area contributed by atoms with Gasteiger partial charge in [0, 0.05) is 17.3 Å². The highest BCUT2D eigenvalue weighted by Gasteiger charge is 1.98. The molecular formula is C11H8FNO. The summed E-state index contributed by atoms with van der Waals surface area (Å²) in [4.78, 5) is 13.6. The Morgan fingerprint density at radius 1 is 1.07 bits per heavy atom. The van der Waals surface area contributed by atoms with E-state index in [-0.39, 0.29) is 11.4 Å². The first-order valence-corrected chi connectivity index (χ1v) is 4.21. The third-order valence-electron chi connectivity index (χ3n) is 1.90. The van der Waals surface area contributed by atoms with Crippen LogP contribution in [-0.2, 0) is 0 Å². The molecular weight excluding hydrogens is 181 g/mol. The molecule has 0 aliphatic carbocycles. The number of hydrogen-bond acceptors (Lipinski definition) is 1. The maximum absolute atomic E-state index is 12.9. The van der Waals surface area contributed by atoms with E-state index in [9.17, 15) is 9.18 Å². The molecule has 14 heavy (non-hydrogen) atoms. The SMILES string of the molecule is O=c1cccc(-c2cccc(F)c2)[nH]1. The minimum absolute atomic E-state index is 0.188. The second-order valence-corrected chi connectivity index (χ2v) is 2.94. The molecule has 2 nitrogen and oxygen atoms in total. The van der Waals surface area contributed by atoms with Gasteiger partial charge in [0.15, 0.2) is 0 Å². The zero-order chi connectivity index (χ0) is 9.97. The predicted molar refractivity (Wildman–Crippen MR) is 52.5 cm³/mol. The molecule has 0 bridgehead atoms. The van der Waals surface area contributed by atoms with Crippen LogP contribution in [0.5, 0.6) is 0 Å². The van der Waals surface area contributed by atoms with Gasteiger partial charge >= 0.3 is 0 Å². The third-order valence-corrected chi connectivity index (χ3v) is 1.90. The minimum Gasteiger partial charge on any atom is -0.322 e. The van der Waals surface area contributed by atoms with Crippen molar-refractivity contribution in [3.63, 3.8) is 0 Å². The molecule has 0 fully saturated rings. The van der Waals surface area contributed by atoms with Gasteiger partial charge in [-0.2, -0.15) is 0 Å². The molecule has 0 saturated carbocycles. The van der Waals surface area contributed by atoms with E-state index in [1.165, 1.54) is 18.2 Å². The van der Waals surface area contributed by atoms with Gasteiger partial charge in [-0.15, -0.1) is 0 Å². The Morgan fingerprint density at radius 2 is 1.86 bits per heavy atom. The first kappa shape index (κ1) is 8.69. The summed E-state index contributed by atoms with van der Waals surface area (Å²) < 4.78 is 12.9. The molecule has 0 amide bonds. The fraction of sp³-hybridized carbons (Fsp3) is 0. The van der Waals surface area contributed by atoms with E-state index in [4.69, 9.17) is 0 Å². The fourth-order valence-corrected chi connectivity index (χ4v) is 1.27. The predicted octanol–water partition coefficient (Wildman–Crippen LogP) is 2.18. The Kier molecular flexibility index (Phi) is 2.14. The highest BCUT2D eigenvalue weighted by molar-refractivity contribution is 5.58. The smallest absolute Gasteiger partial charge is 0.248 e. The molecule has 1 aromatic carbocycles. The van der Waals surface area contributed by atoms with Crippen molar-refractivity contribution in [2.45, 2.75) is 0 Å².